The van der Waals surface area contributed by atoms with Crippen molar-refractivity contribution < 1.29 is 14.3 Å². The van der Waals surface area contributed by atoms with Crippen LogP contribution < -0.4 is 5.11 Å². The molecule has 5 aromatic rings. The Hall–Kier alpha value is -4.38. The molecular formula is C27H16FN2O2-. The van der Waals surface area contributed by atoms with Gasteiger partial charge in [-0.05, 0) is 53.1 Å². The molecule has 154 valence electrons. The molecule has 4 nitrogen and oxygen atoms in total. The van der Waals surface area contributed by atoms with Gasteiger partial charge in [-0.1, -0.05) is 60.7 Å². The molecule has 0 unspecified atom stereocenters. The Morgan fingerprint density at radius 3 is 1.78 bits per heavy atom. The van der Waals surface area contributed by atoms with E-state index in [1.165, 1.54) is 24.3 Å². The number of hydrogen-bond donors (Lipinski definition) is 0. The molecule has 0 fully saturated rings. The van der Waals surface area contributed by atoms with Crippen molar-refractivity contribution in [1.29, 1.82) is 0 Å². The molecule has 0 amide bonds. The number of rotatable bonds is 4. The van der Waals surface area contributed by atoms with Gasteiger partial charge in [0.25, 0.3) is 0 Å². The minimum absolute atomic E-state index is 0.0248. The maximum absolute atomic E-state index is 13.5. The van der Waals surface area contributed by atoms with Crippen LogP contribution in [0.5, 0.6) is 0 Å². The van der Waals surface area contributed by atoms with Crippen LogP contribution in [-0.2, 0) is 0 Å². The summed E-state index contributed by atoms with van der Waals surface area (Å²) in [5.74, 6) is -1.63. The standard InChI is InChI=1S/C27H17FN2O2/c28-22-13-10-20(11-14-22)26-25(29-23-15-12-21(27(31)32)16-24(23)30-26)19-8-6-18(7-9-19)17-4-2-1-3-5-17/h1-16H,(H,31,32)/p-1. The van der Waals surface area contributed by atoms with Crippen LogP contribution in [0.25, 0.3) is 44.7 Å². The first-order valence-corrected chi connectivity index (χ1v) is 10.0. The summed E-state index contributed by atoms with van der Waals surface area (Å²) in [6.07, 6.45) is 0. The van der Waals surface area contributed by atoms with Crippen LogP contribution in [0.1, 0.15) is 10.4 Å². The fourth-order valence-corrected chi connectivity index (χ4v) is 3.64. The van der Waals surface area contributed by atoms with Gasteiger partial charge in [0.1, 0.15) is 5.82 Å². The number of aromatic carboxylic acids is 1. The highest BCUT2D eigenvalue weighted by Gasteiger charge is 2.14. The van der Waals surface area contributed by atoms with Crippen molar-refractivity contribution in [1.82, 2.24) is 9.97 Å². The number of fused-ring (bicyclic) bond motifs is 1. The lowest BCUT2D eigenvalue weighted by atomic mass is 10.00. The van der Waals surface area contributed by atoms with Gasteiger partial charge in [0, 0.05) is 11.1 Å². The molecule has 0 saturated carbocycles. The third kappa shape index (κ3) is 3.72. The molecule has 0 spiro atoms. The summed E-state index contributed by atoms with van der Waals surface area (Å²) in [7, 11) is 0. The normalized spacial score (nSPS) is 10.9. The SMILES string of the molecule is O=C([O-])c1ccc2nc(-c3ccc(-c4ccccc4)cc3)c(-c3ccc(F)cc3)nc2c1. The third-order valence-electron chi connectivity index (χ3n) is 5.28. The molecule has 32 heavy (non-hydrogen) atoms. The number of carboxylic acids is 1. The Balaban J connectivity index is 1.68. The van der Waals surface area contributed by atoms with E-state index in [0.29, 0.717) is 28.0 Å². The smallest absolute Gasteiger partial charge is 0.123 e. The van der Waals surface area contributed by atoms with Gasteiger partial charge in [-0.3, -0.25) is 0 Å². The first-order valence-electron chi connectivity index (χ1n) is 10.0. The summed E-state index contributed by atoms with van der Waals surface area (Å²) in [5.41, 5.74) is 5.90. The lowest BCUT2D eigenvalue weighted by Gasteiger charge is -2.12. The minimum Gasteiger partial charge on any atom is -0.545 e. The summed E-state index contributed by atoms with van der Waals surface area (Å²) in [5, 5.41) is 11.3. The van der Waals surface area contributed by atoms with Gasteiger partial charge in [-0.2, -0.15) is 0 Å². The Bertz CT molecular complexity index is 1430. The zero-order valence-corrected chi connectivity index (χ0v) is 16.8. The summed E-state index contributed by atoms with van der Waals surface area (Å²) in [6, 6.07) is 28.5. The number of nitrogens with zero attached hydrogens (tertiary/aromatic N) is 2. The predicted molar refractivity (Wildman–Crippen MR) is 120 cm³/mol. The number of halogens is 1. The van der Waals surface area contributed by atoms with Crippen molar-refractivity contribution in [3.05, 3.63) is 108 Å². The first-order chi connectivity index (χ1) is 15.6. The molecule has 4 aromatic carbocycles. The second kappa shape index (κ2) is 8.04. The van der Waals surface area contributed by atoms with E-state index in [4.69, 9.17) is 9.97 Å². The highest BCUT2D eigenvalue weighted by atomic mass is 19.1. The largest absolute Gasteiger partial charge is 0.545 e. The topological polar surface area (TPSA) is 65.9 Å². The lowest BCUT2D eigenvalue weighted by Crippen LogP contribution is -2.22. The molecule has 0 radical (unpaired) electrons. The van der Waals surface area contributed by atoms with Gasteiger partial charge < -0.3 is 9.90 Å². The summed E-state index contributed by atoms with van der Waals surface area (Å²) in [4.78, 5) is 20.7. The van der Waals surface area contributed by atoms with Crippen LogP contribution in [0.4, 0.5) is 4.39 Å². The number of carbonyl (C=O) groups is 1. The van der Waals surface area contributed by atoms with Gasteiger partial charge in [0.05, 0.1) is 28.4 Å². The van der Waals surface area contributed by atoms with E-state index >= 15 is 0 Å². The zero-order chi connectivity index (χ0) is 22.1. The highest BCUT2D eigenvalue weighted by Crippen LogP contribution is 2.32. The fourth-order valence-electron chi connectivity index (χ4n) is 3.64. The van der Waals surface area contributed by atoms with E-state index in [2.05, 4.69) is 0 Å². The molecule has 0 aliphatic carbocycles. The van der Waals surface area contributed by atoms with Crippen LogP contribution >= 0.6 is 0 Å². The van der Waals surface area contributed by atoms with Crippen molar-refractivity contribution >= 4 is 17.0 Å². The van der Waals surface area contributed by atoms with E-state index in [1.54, 1.807) is 18.2 Å². The molecule has 0 bridgehead atoms. The van der Waals surface area contributed by atoms with E-state index in [9.17, 15) is 14.3 Å². The van der Waals surface area contributed by atoms with E-state index < -0.39 is 5.97 Å². The van der Waals surface area contributed by atoms with Gasteiger partial charge in [0.15, 0.2) is 0 Å². The zero-order valence-electron chi connectivity index (χ0n) is 16.8. The van der Waals surface area contributed by atoms with E-state index in [1.807, 2.05) is 54.6 Å². The van der Waals surface area contributed by atoms with E-state index in [0.717, 1.165) is 16.7 Å². The average molecular weight is 419 g/mol. The van der Waals surface area contributed by atoms with Gasteiger partial charge in [0.2, 0.25) is 0 Å². The van der Waals surface area contributed by atoms with Gasteiger partial charge >= 0.3 is 0 Å². The molecule has 0 atom stereocenters. The highest BCUT2D eigenvalue weighted by molar-refractivity contribution is 5.93. The quantitative estimate of drug-likeness (QED) is 0.405. The number of hydrogen-bond acceptors (Lipinski definition) is 4. The van der Waals surface area contributed by atoms with Gasteiger partial charge in [-0.15, -0.1) is 0 Å². The lowest BCUT2D eigenvalue weighted by molar-refractivity contribution is -0.255. The van der Waals surface area contributed by atoms with Crippen molar-refractivity contribution in [3.8, 4) is 33.6 Å². The molecular weight excluding hydrogens is 403 g/mol. The summed E-state index contributed by atoms with van der Waals surface area (Å²) in [6.45, 7) is 0. The van der Waals surface area contributed by atoms with Crippen molar-refractivity contribution in [2.24, 2.45) is 0 Å². The maximum atomic E-state index is 13.5. The van der Waals surface area contributed by atoms with Crippen molar-refractivity contribution in [2.45, 2.75) is 0 Å². The average Bonchev–Trinajstić information content (AvgIpc) is 2.84. The first kappa shape index (κ1) is 19.6. The number of carboxylic acid groups (broad SMARTS) is 1. The maximum Gasteiger partial charge on any atom is 0.123 e. The van der Waals surface area contributed by atoms with Crippen LogP contribution in [0.2, 0.25) is 0 Å². The van der Waals surface area contributed by atoms with Crippen LogP contribution in [0, 0.1) is 5.82 Å². The second-order valence-corrected chi connectivity index (χ2v) is 7.36. The predicted octanol–water partition coefficient (Wildman–Crippen LogP) is 5.13. The van der Waals surface area contributed by atoms with Crippen LogP contribution in [-0.4, -0.2) is 15.9 Å². The number of benzene rings is 4. The molecule has 0 aliphatic rings. The third-order valence-corrected chi connectivity index (χ3v) is 5.28. The molecule has 1 aromatic heterocycles. The van der Waals surface area contributed by atoms with E-state index in [-0.39, 0.29) is 11.4 Å². The molecule has 0 saturated heterocycles. The Morgan fingerprint density at radius 1 is 0.625 bits per heavy atom. The van der Waals surface area contributed by atoms with Crippen molar-refractivity contribution in [3.63, 3.8) is 0 Å². The molecule has 0 aliphatic heterocycles. The fraction of sp³-hybridized carbons (Fsp3) is 0. The number of aromatic nitrogens is 2. The molecule has 5 heteroatoms. The Morgan fingerprint density at radius 2 is 1.16 bits per heavy atom. The molecule has 1 heterocycles. The van der Waals surface area contributed by atoms with Gasteiger partial charge in [-0.25, -0.2) is 14.4 Å². The van der Waals surface area contributed by atoms with Crippen molar-refractivity contribution in [2.75, 3.05) is 0 Å². The summed E-state index contributed by atoms with van der Waals surface area (Å²) < 4.78 is 13.5. The summed E-state index contributed by atoms with van der Waals surface area (Å²) >= 11 is 0. The van der Waals surface area contributed by atoms with Crippen LogP contribution in [0.15, 0.2) is 97.1 Å². The Labute approximate surface area is 183 Å². The van der Waals surface area contributed by atoms with Crippen LogP contribution in [0.3, 0.4) is 0 Å². The minimum atomic E-state index is -1.28. The Kier molecular flexibility index (Phi) is 4.92. The molecule has 0 N–H and O–H groups in total. The molecule has 5 rings (SSSR count). The number of carbonyl (C=O) groups excluding carboxylic acids is 1. The second-order valence-electron chi connectivity index (χ2n) is 7.36. The monoisotopic (exact) mass is 419 g/mol.